The maximum Gasteiger partial charge on any atom is 0.485 e. The monoisotopic (exact) mass is 358 g/mol. The summed E-state index contributed by atoms with van der Waals surface area (Å²) >= 11 is 0. The Morgan fingerprint density at radius 1 is 1.14 bits per heavy atom. The Kier molecular flexibility index (Phi) is 6.17. The minimum absolute atomic E-state index is 0.469. The molecule has 22 heavy (non-hydrogen) atoms. The summed E-state index contributed by atoms with van der Waals surface area (Å²) in [6.07, 6.45) is 2.75. The average Bonchev–Trinajstić information content (AvgIpc) is 2.87. The molecule has 1 N–H and O–H groups in total. The van der Waals surface area contributed by atoms with Crippen molar-refractivity contribution in [1.29, 1.82) is 0 Å². The lowest BCUT2D eigenvalue weighted by atomic mass is 10.1. The van der Waals surface area contributed by atoms with E-state index in [1.165, 1.54) is 29.2 Å². The van der Waals surface area contributed by atoms with Crippen molar-refractivity contribution in [3.63, 3.8) is 0 Å². The van der Waals surface area contributed by atoms with E-state index < -0.39 is 15.6 Å². The van der Waals surface area contributed by atoms with Crippen LogP contribution < -0.4 is 0 Å². The molecule has 0 aliphatic carbocycles. The number of phenolic OH excluding ortho intramolecular Hbond substituents is 1. The van der Waals surface area contributed by atoms with Gasteiger partial charge in [0.25, 0.3) is 0 Å². The fourth-order valence-electron chi connectivity index (χ4n) is 1.97. The van der Waals surface area contributed by atoms with Crippen LogP contribution in [0.15, 0.2) is 17.0 Å². The van der Waals surface area contributed by atoms with Crippen LogP contribution in [0.25, 0.3) is 0 Å². The van der Waals surface area contributed by atoms with Crippen molar-refractivity contribution in [2.45, 2.75) is 37.1 Å². The highest BCUT2D eigenvalue weighted by molar-refractivity contribution is 7.97. The van der Waals surface area contributed by atoms with Crippen LogP contribution in [-0.4, -0.2) is 35.1 Å². The van der Waals surface area contributed by atoms with Crippen molar-refractivity contribution >= 4 is 21.0 Å². The van der Waals surface area contributed by atoms with E-state index in [1.807, 2.05) is 13.8 Å². The van der Waals surface area contributed by atoms with Crippen molar-refractivity contribution < 1.29 is 31.2 Å². The van der Waals surface area contributed by atoms with Gasteiger partial charge in [-0.25, -0.2) is 8.42 Å². The Hall–Kier alpha value is -0.930. The predicted octanol–water partition coefficient (Wildman–Crippen LogP) is 2.83. The number of phenols is 1. The largest absolute Gasteiger partial charge is 0.741 e. The van der Waals surface area contributed by atoms with Crippen LogP contribution in [0.2, 0.25) is 0 Å². The molecule has 1 fully saturated rings. The van der Waals surface area contributed by atoms with Gasteiger partial charge in [0.1, 0.15) is 17.3 Å². The van der Waals surface area contributed by atoms with Crippen molar-refractivity contribution in [2.24, 2.45) is 0 Å². The van der Waals surface area contributed by atoms with Crippen LogP contribution in [-0.2, 0) is 21.0 Å². The van der Waals surface area contributed by atoms with E-state index in [2.05, 4.69) is 12.1 Å². The molecular weight excluding hydrogens is 341 g/mol. The molecule has 4 nitrogen and oxygen atoms in total. The maximum absolute atomic E-state index is 10.7. The number of hydrogen-bond acceptors (Lipinski definition) is 4. The average molecular weight is 358 g/mol. The van der Waals surface area contributed by atoms with Crippen molar-refractivity contribution in [2.75, 3.05) is 11.5 Å². The number of aromatic hydroxyl groups is 1. The zero-order valence-electron chi connectivity index (χ0n) is 12.1. The van der Waals surface area contributed by atoms with E-state index in [4.69, 9.17) is 13.0 Å². The van der Waals surface area contributed by atoms with Crippen LogP contribution in [0.4, 0.5) is 13.2 Å². The Morgan fingerprint density at radius 3 is 1.82 bits per heavy atom. The predicted molar refractivity (Wildman–Crippen MR) is 77.9 cm³/mol. The fraction of sp³-hybridized carbons (Fsp3) is 0.538. The fourth-order valence-corrected chi connectivity index (χ4v) is 4.44. The first kappa shape index (κ1) is 19.1. The Labute approximate surface area is 130 Å². The Bertz CT molecular complexity index is 598. The summed E-state index contributed by atoms with van der Waals surface area (Å²) in [7, 11) is -5.62. The number of aryl methyl sites for hydroxylation is 2. The standard InChI is InChI=1S/C12H16OS.CHF3O3S/c1-9-7-11(8-10(2)12(9)13)14-5-3-4-6-14;2-1(3,4)8(5,6)7/h7-8H,3-6H2,1-2H3;(H,5,6,7). The first-order valence-corrected chi connectivity index (χ1v) is 9.40. The van der Waals surface area contributed by atoms with E-state index in [0.717, 1.165) is 11.1 Å². The third kappa shape index (κ3) is 5.06. The SMILES string of the molecule is Cc1cc([S+]2CCCC2)cc(C)c1O.O=S(=O)([O-])C(F)(F)F. The Balaban J connectivity index is 0.000000261. The molecule has 0 aromatic heterocycles. The second-order valence-electron chi connectivity index (χ2n) is 4.91. The molecule has 1 heterocycles. The van der Waals surface area contributed by atoms with Crippen LogP contribution in [0, 0.1) is 13.8 Å². The lowest BCUT2D eigenvalue weighted by molar-refractivity contribution is -0.0517. The molecule has 1 aromatic rings. The van der Waals surface area contributed by atoms with Gasteiger partial charge in [0.05, 0.1) is 0 Å². The van der Waals surface area contributed by atoms with Crippen LogP contribution in [0.1, 0.15) is 24.0 Å². The summed E-state index contributed by atoms with van der Waals surface area (Å²) in [5, 5.41) is 9.68. The van der Waals surface area contributed by atoms with Gasteiger partial charge < -0.3 is 9.66 Å². The second-order valence-corrected chi connectivity index (χ2v) is 8.56. The lowest BCUT2D eigenvalue weighted by Crippen LogP contribution is -2.21. The summed E-state index contributed by atoms with van der Waals surface area (Å²) in [6, 6.07) is 4.33. The van der Waals surface area contributed by atoms with Gasteiger partial charge in [-0.15, -0.1) is 0 Å². The molecular formula is C13H17F3O4S2. The molecule has 0 amide bonds. The lowest BCUT2D eigenvalue weighted by Gasteiger charge is -2.08. The molecule has 0 saturated carbocycles. The smallest absolute Gasteiger partial charge is 0.485 e. The van der Waals surface area contributed by atoms with Gasteiger partial charge in [-0.05, 0) is 49.9 Å². The summed E-state index contributed by atoms with van der Waals surface area (Å²) in [6.45, 7) is 3.98. The van der Waals surface area contributed by atoms with Gasteiger partial charge in [-0.1, -0.05) is 0 Å². The van der Waals surface area contributed by atoms with E-state index in [1.54, 1.807) is 0 Å². The topological polar surface area (TPSA) is 77.4 Å². The first-order valence-electron chi connectivity index (χ1n) is 6.43. The highest BCUT2D eigenvalue weighted by atomic mass is 32.2. The number of rotatable bonds is 1. The molecule has 1 saturated heterocycles. The highest BCUT2D eigenvalue weighted by Crippen LogP contribution is 2.29. The van der Waals surface area contributed by atoms with Gasteiger partial charge in [0.15, 0.2) is 15.0 Å². The molecule has 1 aromatic carbocycles. The zero-order valence-corrected chi connectivity index (χ0v) is 13.7. The second kappa shape index (κ2) is 7.10. The van der Waals surface area contributed by atoms with E-state index >= 15 is 0 Å². The number of benzene rings is 1. The summed E-state index contributed by atoms with van der Waals surface area (Å²) in [5.74, 6) is 3.17. The van der Waals surface area contributed by atoms with E-state index in [-0.39, 0.29) is 0 Å². The summed E-state index contributed by atoms with van der Waals surface area (Å²) in [5.41, 5.74) is -3.59. The molecule has 0 spiro atoms. The number of hydrogen-bond donors (Lipinski definition) is 1. The molecule has 0 atom stereocenters. The molecule has 126 valence electrons. The van der Waals surface area contributed by atoms with Gasteiger partial charge in [-0.3, -0.25) is 0 Å². The third-order valence-corrected chi connectivity index (χ3v) is 6.15. The minimum Gasteiger partial charge on any atom is -0.741 e. The summed E-state index contributed by atoms with van der Waals surface area (Å²) < 4.78 is 58.9. The first-order chi connectivity index (χ1) is 9.93. The van der Waals surface area contributed by atoms with Gasteiger partial charge in [0, 0.05) is 10.9 Å². The van der Waals surface area contributed by atoms with E-state index in [9.17, 15) is 18.3 Å². The maximum atomic E-state index is 10.7. The summed E-state index contributed by atoms with van der Waals surface area (Å²) in [4.78, 5) is 1.45. The molecule has 0 radical (unpaired) electrons. The highest BCUT2D eigenvalue weighted by Gasteiger charge is 2.36. The number of halogens is 3. The molecule has 1 aliphatic heterocycles. The van der Waals surface area contributed by atoms with Crippen LogP contribution in [0.5, 0.6) is 5.75 Å². The normalized spacial score (nSPS) is 16.3. The van der Waals surface area contributed by atoms with Crippen LogP contribution >= 0.6 is 0 Å². The minimum atomic E-state index is -6.09. The van der Waals surface area contributed by atoms with Gasteiger partial charge in [0.2, 0.25) is 0 Å². The number of alkyl halides is 3. The van der Waals surface area contributed by atoms with Crippen molar-refractivity contribution in [1.82, 2.24) is 0 Å². The Morgan fingerprint density at radius 2 is 1.50 bits per heavy atom. The quantitative estimate of drug-likeness (QED) is 0.476. The molecule has 1 aliphatic rings. The van der Waals surface area contributed by atoms with Gasteiger partial charge in [-0.2, -0.15) is 13.2 Å². The molecule has 9 heteroatoms. The van der Waals surface area contributed by atoms with E-state index in [0.29, 0.717) is 16.6 Å². The third-order valence-electron chi connectivity index (χ3n) is 3.11. The zero-order chi connectivity index (χ0) is 17.1. The molecule has 0 bridgehead atoms. The van der Waals surface area contributed by atoms with Crippen LogP contribution in [0.3, 0.4) is 0 Å². The van der Waals surface area contributed by atoms with Crippen molar-refractivity contribution in [3.8, 4) is 5.75 Å². The van der Waals surface area contributed by atoms with Gasteiger partial charge >= 0.3 is 5.51 Å². The molecule has 0 unspecified atom stereocenters. The van der Waals surface area contributed by atoms with Crippen molar-refractivity contribution in [3.05, 3.63) is 23.3 Å². The molecule has 2 rings (SSSR count).